The topological polar surface area (TPSA) is 66.0 Å². The highest BCUT2D eigenvalue weighted by Crippen LogP contribution is 2.52. The van der Waals surface area contributed by atoms with Gasteiger partial charge in [0.05, 0.1) is 6.10 Å². The van der Waals surface area contributed by atoms with E-state index in [1.54, 1.807) is 26.0 Å². The summed E-state index contributed by atoms with van der Waals surface area (Å²) >= 11 is 0. The summed E-state index contributed by atoms with van der Waals surface area (Å²) in [5, 5.41) is 6.95. The van der Waals surface area contributed by atoms with Gasteiger partial charge in [-0.25, -0.2) is 0 Å². The van der Waals surface area contributed by atoms with E-state index < -0.39 is 0 Å². The van der Waals surface area contributed by atoms with Gasteiger partial charge >= 0.3 is 0 Å². The molecular weight excluding hydrogens is 328 g/mol. The van der Waals surface area contributed by atoms with Crippen LogP contribution in [0.2, 0.25) is 0 Å². The Kier molecular flexibility index (Phi) is 5.23. The molecule has 1 aromatic carbocycles. The molecule has 3 rings (SSSR count). The molecule has 1 aliphatic carbocycles. The highest BCUT2D eigenvalue weighted by atomic mass is 16.5. The van der Waals surface area contributed by atoms with E-state index in [4.69, 9.17) is 4.74 Å². The SMILES string of the molecule is CN=C(NCc1ccc(C(=O)N(C)C)cc1)NC1C2CCOC2C1(C)C. The van der Waals surface area contributed by atoms with Crippen LogP contribution in [0.3, 0.4) is 0 Å². The van der Waals surface area contributed by atoms with E-state index in [9.17, 15) is 4.79 Å². The Hall–Kier alpha value is -2.08. The van der Waals surface area contributed by atoms with Gasteiger partial charge in [0.1, 0.15) is 0 Å². The van der Waals surface area contributed by atoms with Crippen molar-refractivity contribution in [3.05, 3.63) is 35.4 Å². The van der Waals surface area contributed by atoms with E-state index in [1.165, 1.54) is 0 Å². The van der Waals surface area contributed by atoms with Crippen molar-refractivity contribution in [3.8, 4) is 0 Å². The fraction of sp³-hybridized carbons (Fsp3) is 0.600. The second-order valence-corrected chi connectivity index (χ2v) is 8.01. The van der Waals surface area contributed by atoms with Crippen LogP contribution in [0.1, 0.15) is 36.2 Å². The predicted molar refractivity (Wildman–Crippen MR) is 103 cm³/mol. The van der Waals surface area contributed by atoms with E-state index in [2.05, 4.69) is 29.5 Å². The maximum atomic E-state index is 12.0. The van der Waals surface area contributed by atoms with Gasteiger partial charge in [0, 0.05) is 57.2 Å². The molecule has 6 nitrogen and oxygen atoms in total. The number of hydrogen-bond donors (Lipinski definition) is 2. The number of amides is 1. The zero-order chi connectivity index (χ0) is 18.9. The maximum absolute atomic E-state index is 12.0. The molecule has 0 spiro atoms. The van der Waals surface area contributed by atoms with E-state index in [0.717, 1.165) is 24.6 Å². The van der Waals surface area contributed by atoms with E-state index in [1.807, 2.05) is 24.3 Å². The molecule has 3 atom stereocenters. The van der Waals surface area contributed by atoms with Crippen molar-refractivity contribution in [3.63, 3.8) is 0 Å². The van der Waals surface area contributed by atoms with Crippen LogP contribution in [0.5, 0.6) is 0 Å². The molecule has 1 aliphatic heterocycles. The number of fused-ring (bicyclic) bond motifs is 1. The van der Waals surface area contributed by atoms with E-state index in [0.29, 0.717) is 30.2 Å². The second kappa shape index (κ2) is 7.27. The van der Waals surface area contributed by atoms with Crippen molar-refractivity contribution in [1.82, 2.24) is 15.5 Å². The summed E-state index contributed by atoms with van der Waals surface area (Å²) in [6.45, 7) is 6.03. The summed E-state index contributed by atoms with van der Waals surface area (Å²) in [5.41, 5.74) is 1.93. The van der Waals surface area contributed by atoms with Crippen LogP contribution in [0, 0.1) is 11.3 Å². The summed E-state index contributed by atoms with van der Waals surface area (Å²) < 4.78 is 5.86. The van der Waals surface area contributed by atoms with Crippen LogP contribution in [0.15, 0.2) is 29.3 Å². The number of rotatable bonds is 4. The van der Waals surface area contributed by atoms with Gasteiger partial charge in [0.25, 0.3) is 5.91 Å². The van der Waals surface area contributed by atoms with Crippen molar-refractivity contribution >= 4 is 11.9 Å². The van der Waals surface area contributed by atoms with Gasteiger partial charge in [-0.3, -0.25) is 9.79 Å². The number of hydrogen-bond acceptors (Lipinski definition) is 3. The minimum atomic E-state index is 0.0162. The lowest BCUT2D eigenvalue weighted by atomic mass is 9.57. The van der Waals surface area contributed by atoms with Crippen LogP contribution in [0.4, 0.5) is 0 Å². The number of carbonyl (C=O) groups is 1. The third kappa shape index (κ3) is 3.43. The molecule has 1 heterocycles. The molecule has 142 valence electrons. The Morgan fingerprint density at radius 2 is 2.00 bits per heavy atom. The Bertz CT molecular complexity index is 682. The highest BCUT2D eigenvalue weighted by molar-refractivity contribution is 5.93. The lowest BCUT2D eigenvalue weighted by Gasteiger charge is -2.54. The number of carbonyl (C=O) groups excluding carboxylic acids is 1. The third-order valence-electron chi connectivity index (χ3n) is 5.68. The normalized spacial score (nSPS) is 26.7. The van der Waals surface area contributed by atoms with Gasteiger partial charge in [-0.05, 0) is 24.1 Å². The number of aliphatic imine (C=N–C) groups is 1. The molecule has 26 heavy (non-hydrogen) atoms. The quantitative estimate of drug-likeness (QED) is 0.637. The highest BCUT2D eigenvalue weighted by Gasteiger charge is 2.59. The molecule has 1 amide bonds. The number of nitrogens with one attached hydrogen (secondary N) is 2. The minimum Gasteiger partial charge on any atom is -0.377 e. The second-order valence-electron chi connectivity index (χ2n) is 8.01. The van der Waals surface area contributed by atoms with Crippen LogP contribution in [0.25, 0.3) is 0 Å². The van der Waals surface area contributed by atoms with Gasteiger partial charge in [0.15, 0.2) is 5.96 Å². The minimum absolute atomic E-state index is 0.0162. The van der Waals surface area contributed by atoms with Crippen LogP contribution in [-0.4, -0.2) is 56.7 Å². The van der Waals surface area contributed by atoms with Gasteiger partial charge in [-0.1, -0.05) is 26.0 Å². The predicted octanol–water partition coefficient (Wildman–Crippen LogP) is 1.87. The molecular formula is C20H30N4O2. The molecule has 0 radical (unpaired) electrons. The van der Waals surface area contributed by atoms with Gasteiger partial charge in [-0.2, -0.15) is 0 Å². The molecule has 1 saturated heterocycles. The first-order chi connectivity index (χ1) is 12.3. The van der Waals surface area contributed by atoms with Crippen molar-refractivity contribution in [1.29, 1.82) is 0 Å². The van der Waals surface area contributed by atoms with Crippen LogP contribution >= 0.6 is 0 Å². The van der Waals surface area contributed by atoms with E-state index >= 15 is 0 Å². The third-order valence-corrected chi connectivity index (χ3v) is 5.68. The first-order valence-electron chi connectivity index (χ1n) is 9.24. The van der Waals surface area contributed by atoms with Gasteiger partial charge in [0.2, 0.25) is 0 Å². The zero-order valence-electron chi connectivity index (χ0n) is 16.4. The monoisotopic (exact) mass is 358 g/mol. The van der Waals surface area contributed by atoms with Crippen LogP contribution in [-0.2, 0) is 11.3 Å². The Labute approximate surface area is 156 Å². The number of nitrogens with zero attached hydrogens (tertiary/aromatic N) is 2. The fourth-order valence-electron chi connectivity index (χ4n) is 4.17. The summed E-state index contributed by atoms with van der Waals surface area (Å²) in [7, 11) is 5.31. The van der Waals surface area contributed by atoms with Crippen molar-refractivity contribution in [2.24, 2.45) is 16.3 Å². The van der Waals surface area contributed by atoms with Crippen molar-refractivity contribution < 1.29 is 9.53 Å². The zero-order valence-corrected chi connectivity index (χ0v) is 16.4. The first kappa shape index (κ1) is 18.7. The first-order valence-corrected chi connectivity index (χ1v) is 9.24. The Balaban J connectivity index is 1.56. The van der Waals surface area contributed by atoms with Gasteiger partial charge < -0.3 is 20.3 Å². The largest absolute Gasteiger partial charge is 0.377 e. The average Bonchev–Trinajstić information content (AvgIpc) is 3.08. The lowest BCUT2D eigenvalue weighted by molar-refractivity contribution is -0.106. The van der Waals surface area contributed by atoms with Crippen LogP contribution < -0.4 is 10.6 Å². The maximum Gasteiger partial charge on any atom is 0.253 e. The number of guanidine groups is 1. The molecule has 2 fully saturated rings. The number of ether oxygens (including phenoxy) is 1. The molecule has 0 bridgehead atoms. The Morgan fingerprint density at radius 1 is 1.31 bits per heavy atom. The molecule has 1 aromatic rings. The molecule has 6 heteroatoms. The number of benzene rings is 1. The molecule has 1 saturated carbocycles. The molecule has 2 aliphatic rings. The Morgan fingerprint density at radius 3 is 2.62 bits per heavy atom. The lowest BCUT2D eigenvalue weighted by Crippen LogP contribution is -2.67. The molecule has 3 unspecified atom stereocenters. The molecule has 2 N–H and O–H groups in total. The van der Waals surface area contributed by atoms with Gasteiger partial charge in [-0.15, -0.1) is 0 Å². The smallest absolute Gasteiger partial charge is 0.253 e. The summed E-state index contributed by atoms with van der Waals surface area (Å²) in [6, 6.07) is 8.06. The van der Waals surface area contributed by atoms with Crippen molar-refractivity contribution in [2.45, 2.75) is 39.0 Å². The summed E-state index contributed by atoms with van der Waals surface area (Å²) in [4.78, 5) is 17.9. The standard InChI is InChI=1S/C20H30N4O2/c1-20(2)16(15-10-11-26-17(15)20)23-19(21-3)22-12-13-6-8-14(9-7-13)18(25)24(4)5/h6-9,15-17H,10-12H2,1-5H3,(H2,21,22,23). The average molecular weight is 358 g/mol. The fourth-order valence-corrected chi connectivity index (χ4v) is 4.17. The van der Waals surface area contributed by atoms with Crippen molar-refractivity contribution in [2.75, 3.05) is 27.7 Å². The molecule has 0 aromatic heterocycles. The summed E-state index contributed by atoms with van der Waals surface area (Å²) in [6.07, 6.45) is 1.48. The summed E-state index contributed by atoms with van der Waals surface area (Å²) in [5.74, 6) is 1.39. The van der Waals surface area contributed by atoms with E-state index in [-0.39, 0.29) is 11.3 Å².